The molecule has 0 saturated carbocycles. The highest BCUT2D eigenvalue weighted by atomic mass is 16.5. The quantitative estimate of drug-likeness (QED) is 0.584. The zero-order valence-electron chi connectivity index (χ0n) is 16.0. The Kier molecular flexibility index (Phi) is 6.31. The van der Waals surface area contributed by atoms with E-state index >= 15 is 0 Å². The fourth-order valence-corrected chi connectivity index (χ4v) is 3.07. The van der Waals surface area contributed by atoms with Crippen LogP contribution < -0.4 is 4.74 Å². The van der Waals surface area contributed by atoms with Gasteiger partial charge in [-0.3, -0.25) is 0 Å². The Bertz CT molecular complexity index is 1030. The number of rotatable bonds is 3. The van der Waals surface area contributed by atoms with Crippen molar-refractivity contribution in [2.75, 3.05) is 20.1 Å². The number of carboxylic acid groups (broad SMARTS) is 2. The molecular weight excluding hydrogens is 372 g/mol. The van der Waals surface area contributed by atoms with Crippen LogP contribution in [0.5, 0.6) is 11.5 Å². The third-order valence-corrected chi connectivity index (χ3v) is 4.57. The van der Waals surface area contributed by atoms with E-state index in [4.69, 9.17) is 24.5 Å². The first-order valence-electron chi connectivity index (χ1n) is 9.12. The van der Waals surface area contributed by atoms with Crippen molar-refractivity contribution in [3.63, 3.8) is 0 Å². The molecule has 0 saturated heterocycles. The van der Waals surface area contributed by atoms with Crippen molar-refractivity contribution in [2.24, 2.45) is 0 Å². The summed E-state index contributed by atoms with van der Waals surface area (Å²) in [4.78, 5) is 23.9. The van der Waals surface area contributed by atoms with E-state index < -0.39 is 11.9 Å². The highest BCUT2D eigenvalue weighted by molar-refractivity contribution is 6.27. The van der Waals surface area contributed by atoms with Gasteiger partial charge in [0, 0.05) is 35.8 Å². The van der Waals surface area contributed by atoms with E-state index in [2.05, 4.69) is 41.3 Å². The van der Waals surface area contributed by atoms with Gasteiger partial charge in [0.25, 0.3) is 0 Å². The standard InChI is InChI=1S/C20H20N2O.C2H2O4/c1-22-11-9-15(10-12-22)19-14-21-20-8-7-17(13-18(19)20)23-16-5-3-2-4-6-16;3-1(4)2(5)6/h2-9,13-14,21H,10-12H2,1H3;(H,3,4)(H,5,6). The Hall–Kier alpha value is -3.58. The molecule has 0 amide bonds. The Morgan fingerprint density at radius 2 is 1.76 bits per heavy atom. The van der Waals surface area contributed by atoms with Gasteiger partial charge in [-0.05, 0) is 49.4 Å². The van der Waals surface area contributed by atoms with Crippen LogP contribution in [0.4, 0.5) is 0 Å². The number of likely N-dealkylation sites (N-methyl/N-ethyl adjacent to an activating group) is 1. The lowest BCUT2D eigenvalue weighted by Crippen LogP contribution is -2.23. The number of aliphatic carboxylic acids is 2. The average Bonchev–Trinajstić information content (AvgIpc) is 3.13. The van der Waals surface area contributed by atoms with Crippen molar-refractivity contribution in [3.05, 3.63) is 66.4 Å². The van der Waals surface area contributed by atoms with Gasteiger partial charge in [-0.25, -0.2) is 9.59 Å². The number of fused-ring (bicyclic) bond motifs is 1. The van der Waals surface area contributed by atoms with E-state index in [0.717, 1.165) is 36.5 Å². The summed E-state index contributed by atoms with van der Waals surface area (Å²) in [7, 11) is 2.16. The summed E-state index contributed by atoms with van der Waals surface area (Å²) in [5.41, 5.74) is 3.87. The van der Waals surface area contributed by atoms with Crippen LogP contribution in [-0.2, 0) is 9.59 Å². The Morgan fingerprint density at radius 3 is 2.38 bits per heavy atom. The van der Waals surface area contributed by atoms with E-state index in [1.807, 2.05) is 36.4 Å². The maximum atomic E-state index is 9.10. The van der Waals surface area contributed by atoms with Crippen molar-refractivity contribution in [2.45, 2.75) is 6.42 Å². The maximum absolute atomic E-state index is 9.10. The van der Waals surface area contributed by atoms with Crippen LogP contribution in [0.1, 0.15) is 12.0 Å². The summed E-state index contributed by atoms with van der Waals surface area (Å²) in [5, 5.41) is 16.0. The average molecular weight is 394 g/mol. The molecule has 2 heterocycles. The van der Waals surface area contributed by atoms with Crippen molar-refractivity contribution < 1.29 is 24.5 Å². The zero-order chi connectivity index (χ0) is 20.8. The molecule has 0 radical (unpaired) electrons. The SMILES string of the molecule is CN1CC=C(c2c[nH]c3ccc(Oc4ccccc4)cc23)CC1.O=C(O)C(=O)O. The highest BCUT2D eigenvalue weighted by Crippen LogP contribution is 2.32. The first kappa shape index (κ1) is 20.2. The monoisotopic (exact) mass is 394 g/mol. The second kappa shape index (κ2) is 9.07. The molecule has 1 aromatic heterocycles. The summed E-state index contributed by atoms with van der Waals surface area (Å²) < 4.78 is 5.97. The molecule has 0 atom stereocenters. The van der Waals surface area contributed by atoms with E-state index in [0.29, 0.717) is 0 Å². The van der Waals surface area contributed by atoms with Gasteiger partial charge in [-0.15, -0.1) is 0 Å². The van der Waals surface area contributed by atoms with Gasteiger partial charge in [-0.1, -0.05) is 24.3 Å². The first-order valence-corrected chi connectivity index (χ1v) is 9.12. The van der Waals surface area contributed by atoms with E-state index in [-0.39, 0.29) is 0 Å². The minimum Gasteiger partial charge on any atom is -0.473 e. The minimum absolute atomic E-state index is 0.863. The van der Waals surface area contributed by atoms with Gasteiger partial charge >= 0.3 is 11.9 Å². The molecule has 4 rings (SSSR count). The van der Waals surface area contributed by atoms with Crippen molar-refractivity contribution >= 4 is 28.4 Å². The number of aromatic nitrogens is 1. The lowest BCUT2D eigenvalue weighted by molar-refractivity contribution is -0.159. The molecule has 7 nitrogen and oxygen atoms in total. The number of para-hydroxylation sites is 1. The van der Waals surface area contributed by atoms with Crippen LogP contribution in [0.15, 0.2) is 60.8 Å². The number of hydrogen-bond donors (Lipinski definition) is 3. The molecule has 0 bridgehead atoms. The van der Waals surface area contributed by atoms with Gasteiger partial charge < -0.3 is 24.8 Å². The summed E-state index contributed by atoms with van der Waals surface area (Å²) >= 11 is 0. The summed E-state index contributed by atoms with van der Waals surface area (Å²) in [6, 6.07) is 16.1. The van der Waals surface area contributed by atoms with Gasteiger partial charge in [0.15, 0.2) is 0 Å². The molecule has 3 N–H and O–H groups in total. The molecule has 1 aliphatic heterocycles. The van der Waals surface area contributed by atoms with Gasteiger partial charge in [-0.2, -0.15) is 0 Å². The number of aromatic amines is 1. The fraction of sp³-hybridized carbons (Fsp3) is 0.182. The normalized spacial score (nSPS) is 13.9. The van der Waals surface area contributed by atoms with E-state index in [1.54, 1.807) is 0 Å². The maximum Gasteiger partial charge on any atom is 0.414 e. The van der Waals surface area contributed by atoms with Gasteiger partial charge in [0.2, 0.25) is 0 Å². The molecular formula is C22H22N2O5. The van der Waals surface area contributed by atoms with Crippen LogP contribution in [0, 0.1) is 0 Å². The summed E-state index contributed by atoms with van der Waals surface area (Å²) in [6.45, 7) is 2.13. The number of carbonyl (C=O) groups is 2. The third kappa shape index (κ3) is 5.24. The number of H-pyrrole nitrogens is 1. The third-order valence-electron chi connectivity index (χ3n) is 4.57. The molecule has 2 aromatic carbocycles. The van der Waals surface area contributed by atoms with E-state index in [9.17, 15) is 0 Å². The van der Waals surface area contributed by atoms with Crippen LogP contribution in [0.25, 0.3) is 16.5 Å². The Labute approximate surface area is 167 Å². The predicted octanol–water partition coefficient (Wildman–Crippen LogP) is 3.83. The largest absolute Gasteiger partial charge is 0.473 e. The highest BCUT2D eigenvalue weighted by Gasteiger charge is 2.14. The number of hydrogen-bond acceptors (Lipinski definition) is 4. The molecule has 7 heteroatoms. The molecule has 0 fully saturated rings. The smallest absolute Gasteiger partial charge is 0.414 e. The lowest BCUT2D eigenvalue weighted by atomic mass is 9.99. The van der Waals surface area contributed by atoms with E-state index in [1.165, 1.54) is 16.5 Å². The Morgan fingerprint density at radius 1 is 1.03 bits per heavy atom. The summed E-state index contributed by atoms with van der Waals surface area (Å²) in [6.07, 6.45) is 5.54. The number of nitrogens with zero attached hydrogens (tertiary/aromatic N) is 1. The topological polar surface area (TPSA) is 103 Å². The van der Waals surface area contributed by atoms with Gasteiger partial charge in [0.05, 0.1) is 0 Å². The molecule has 0 spiro atoms. The molecule has 0 aliphatic carbocycles. The number of benzene rings is 2. The second-order valence-electron chi connectivity index (χ2n) is 6.68. The lowest BCUT2D eigenvalue weighted by Gasteiger charge is -2.21. The van der Waals surface area contributed by atoms with Crippen molar-refractivity contribution in [3.8, 4) is 11.5 Å². The minimum atomic E-state index is -1.82. The zero-order valence-corrected chi connectivity index (χ0v) is 16.0. The molecule has 3 aromatic rings. The molecule has 1 aliphatic rings. The van der Waals surface area contributed by atoms with Crippen LogP contribution in [-0.4, -0.2) is 52.2 Å². The number of nitrogens with one attached hydrogen (secondary N) is 1. The first-order chi connectivity index (χ1) is 13.9. The number of ether oxygens (including phenoxy) is 1. The van der Waals surface area contributed by atoms with Gasteiger partial charge in [0.1, 0.15) is 11.5 Å². The van der Waals surface area contributed by atoms with Crippen molar-refractivity contribution in [1.29, 1.82) is 0 Å². The fourth-order valence-electron chi connectivity index (χ4n) is 3.07. The van der Waals surface area contributed by atoms with Crippen molar-refractivity contribution in [1.82, 2.24) is 9.88 Å². The number of carboxylic acids is 2. The molecule has 29 heavy (non-hydrogen) atoms. The Balaban J connectivity index is 0.000000353. The summed E-state index contributed by atoms with van der Waals surface area (Å²) in [5.74, 6) is -1.91. The predicted molar refractivity (Wildman–Crippen MR) is 110 cm³/mol. The van der Waals surface area contributed by atoms with Crippen LogP contribution in [0.2, 0.25) is 0 Å². The molecule has 150 valence electrons. The second-order valence-corrected chi connectivity index (χ2v) is 6.68. The molecule has 0 unspecified atom stereocenters. The van der Waals surface area contributed by atoms with Crippen LogP contribution in [0.3, 0.4) is 0 Å². The van der Waals surface area contributed by atoms with Crippen LogP contribution >= 0.6 is 0 Å².